The Kier molecular flexibility index (Phi) is 3.71. The van der Waals surface area contributed by atoms with Crippen molar-refractivity contribution in [3.8, 4) is 0 Å². The molecule has 1 fully saturated rings. The second-order valence-electron chi connectivity index (χ2n) is 4.08. The first-order valence-corrected chi connectivity index (χ1v) is 5.61. The molecule has 4 nitrogen and oxygen atoms in total. The van der Waals surface area contributed by atoms with Crippen LogP contribution in [0.1, 0.15) is 11.6 Å². The van der Waals surface area contributed by atoms with Gasteiger partial charge < -0.3 is 10.4 Å². The number of carboxylic acid groups (broad SMARTS) is 1. The average molecular weight is 238 g/mol. The van der Waals surface area contributed by atoms with E-state index in [0.29, 0.717) is 18.7 Å². The molecule has 1 heterocycles. The molecule has 92 valence electrons. The number of aliphatic carboxylic acids is 1. The topological polar surface area (TPSA) is 52.6 Å². The molecule has 0 saturated carbocycles. The van der Waals surface area contributed by atoms with Gasteiger partial charge in [0.1, 0.15) is 11.9 Å². The lowest BCUT2D eigenvalue weighted by molar-refractivity contribution is -0.143. The van der Waals surface area contributed by atoms with Crippen LogP contribution in [-0.2, 0) is 4.79 Å². The van der Waals surface area contributed by atoms with E-state index in [1.165, 1.54) is 24.3 Å². The third-order valence-corrected chi connectivity index (χ3v) is 2.94. The predicted molar refractivity (Wildman–Crippen MR) is 61.2 cm³/mol. The molecule has 0 amide bonds. The average Bonchev–Trinajstić information content (AvgIpc) is 2.33. The number of piperazine rings is 1. The van der Waals surface area contributed by atoms with Gasteiger partial charge in [0.05, 0.1) is 0 Å². The summed E-state index contributed by atoms with van der Waals surface area (Å²) in [4.78, 5) is 13.2. The first-order chi connectivity index (χ1) is 8.18. The SMILES string of the molecule is O=C(O)C(c1ccc(F)cc1)N1CCNCC1. The molecular formula is C12H15FN2O2. The van der Waals surface area contributed by atoms with E-state index >= 15 is 0 Å². The summed E-state index contributed by atoms with van der Waals surface area (Å²) in [6.45, 7) is 2.94. The van der Waals surface area contributed by atoms with E-state index in [1.807, 2.05) is 4.90 Å². The summed E-state index contributed by atoms with van der Waals surface area (Å²) in [6, 6.07) is 4.99. The second kappa shape index (κ2) is 5.25. The fourth-order valence-corrected chi connectivity index (χ4v) is 2.09. The predicted octanol–water partition coefficient (Wildman–Crippen LogP) is 0.857. The third kappa shape index (κ3) is 2.81. The summed E-state index contributed by atoms with van der Waals surface area (Å²) in [5, 5.41) is 12.5. The van der Waals surface area contributed by atoms with Crippen molar-refractivity contribution in [2.24, 2.45) is 0 Å². The number of hydrogen-bond acceptors (Lipinski definition) is 3. The molecule has 17 heavy (non-hydrogen) atoms. The minimum Gasteiger partial charge on any atom is -0.480 e. The van der Waals surface area contributed by atoms with Gasteiger partial charge >= 0.3 is 5.97 Å². The van der Waals surface area contributed by atoms with Crippen molar-refractivity contribution in [1.82, 2.24) is 10.2 Å². The van der Waals surface area contributed by atoms with Gasteiger partial charge in [-0.15, -0.1) is 0 Å². The summed E-state index contributed by atoms with van der Waals surface area (Å²) >= 11 is 0. The van der Waals surface area contributed by atoms with Crippen molar-refractivity contribution in [2.45, 2.75) is 6.04 Å². The quantitative estimate of drug-likeness (QED) is 0.820. The molecule has 0 bridgehead atoms. The molecule has 0 aliphatic carbocycles. The van der Waals surface area contributed by atoms with Crippen molar-refractivity contribution in [3.05, 3.63) is 35.6 Å². The number of rotatable bonds is 3. The Hall–Kier alpha value is -1.46. The molecule has 0 aromatic heterocycles. The molecule has 1 aromatic rings. The van der Waals surface area contributed by atoms with Crippen LogP contribution in [0, 0.1) is 5.82 Å². The highest BCUT2D eigenvalue weighted by atomic mass is 19.1. The lowest BCUT2D eigenvalue weighted by atomic mass is 10.0. The highest BCUT2D eigenvalue weighted by Crippen LogP contribution is 2.21. The van der Waals surface area contributed by atoms with Crippen LogP contribution in [0.2, 0.25) is 0 Å². The largest absolute Gasteiger partial charge is 0.480 e. The standard InChI is InChI=1S/C12H15FN2O2/c13-10-3-1-9(2-4-10)11(12(16)17)15-7-5-14-6-8-15/h1-4,11,14H,5-8H2,(H,16,17). The third-order valence-electron chi connectivity index (χ3n) is 2.94. The summed E-state index contributed by atoms with van der Waals surface area (Å²) in [5.74, 6) is -1.24. The van der Waals surface area contributed by atoms with E-state index in [0.717, 1.165) is 13.1 Å². The van der Waals surface area contributed by atoms with Gasteiger partial charge in [-0.05, 0) is 17.7 Å². The molecule has 1 aliphatic rings. The molecule has 2 rings (SSSR count). The minimum atomic E-state index is -0.890. The van der Waals surface area contributed by atoms with E-state index < -0.39 is 12.0 Å². The molecule has 1 aliphatic heterocycles. The molecule has 2 N–H and O–H groups in total. The normalized spacial score (nSPS) is 18.9. The van der Waals surface area contributed by atoms with E-state index in [2.05, 4.69) is 5.32 Å². The number of nitrogens with one attached hydrogen (secondary N) is 1. The Morgan fingerprint density at radius 2 is 1.88 bits per heavy atom. The maximum atomic E-state index is 12.8. The molecule has 0 spiro atoms. The van der Waals surface area contributed by atoms with E-state index in [-0.39, 0.29) is 5.82 Å². The second-order valence-corrected chi connectivity index (χ2v) is 4.08. The van der Waals surface area contributed by atoms with E-state index in [9.17, 15) is 14.3 Å². The number of carbonyl (C=O) groups is 1. The Morgan fingerprint density at radius 1 is 1.29 bits per heavy atom. The number of halogens is 1. The number of hydrogen-bond donors (Lipinski definition) is 2. The number of nitrogens with zero attached hydrogens (tertiary/aromatic N) is 1. The van der Waals surface area contributed by atoms with Crippen LogP contribution in [0.5, 0.6) is 0 Å². The molecule has 1 unspecified atom stereocenters. The van der Waals surface area contributed by atoms with Crippen LogP contribution >= 0.6 is 0 Å². The van der Waals surface area contributed by atoms with Gasteiger partial charge in [0.15, 0.2) is 0 Å². The number of carboxylic acids is 1. The highest BCUT2D eigenvalue weighted by molar-refractivity contribution is 5.75. The van der Waals surface area contributed by atoms with Crippen molar-refractivity contribution in [3.63, 3.8) is 0 Å². The smallest absolute Gasteiger partial charge is 0.325 e. The monoisotopic (exact) mass is 238 g/mol. The van der Waals surface area contributed by atoms with Crippen LogP contribution in [0.15, 0.2) is 24.3 Å². The van der Waals surface area contributed by atoms with Gasteiger partial charge in [0.25, 0.3) is 0 Å². The number of benzene rings is 1. The van der Waals surface area contributed by atoms with Crippen LogP contribution in [0.4, 0.5) is 4.39 Å². The van der Waals surface area contributed by atoms with Gasteiger partial charge in [-0.25, -0.2) is 4.39 Å². The van der Waals surface area contributed by atoms with Gasteiger partial charge in [-0.2, -0.15) is 0 Å². The summed E-state index contributed by atoms with van der Waals surface area (Å²) < 4.78 is 12.8. The molecule has 1 saturated heterocycles. The summed E-state index contributed by atoms with van der Waals surface area (Å²) in [7, 11) is 0. The Balaban J connectivity index is 2.21. The van der Waals surface area contributed by atoms with Crippen LogP contribution in [0.3, 0.4) is 0 Å². The molecule has 5 heteroatoms. The van der Waals surface area contributed by atoms with Crippen molar-refractivity contribution >= 4 is 5.97 Å². The van der Waals surface area contributed by atoms with Gasteiger partial charge in [0, 0.05) is 26.2 Å². The van der Waals surface area contributed by atoms with Crippen molar-refractivity contribution in [2.75, 3.05) is 26.2 Å². The van der Waals surface area contributed by atoms with Crippen molar-refractivity contribution in [1.29, 1.82) is 0 Å². The lowest BCUT2D eigenvalue weighted by Gasteiger charge is -2.32. The molecule has 1 aromatic carbocycles. The Bertz CT molecular complexity index is 388. The minimum absolute atomic E-state index is 0.349. The van der Waals surface area contributed by atoms with E-state index in [1.54, 1.807) is 0 Å². The summed E-state index contributed by atoms with van der Waals surface area (Å²) in [6.07, 6.45) is 0. The molecule has 0 radical (unpaired) electrons. The van der Waals surface area contributed by atoms with Gasteiger partial charge in [-0.1, -0.05) is 12.1 Å². The van der Waals surface area contributed by atoms with Gasteiger partial charge in [-0.3, -0.25) is 9.69 Å². The maximum absolute atomic E-state index is 12.8. The Morgan fingerprint density at radius 3 is 2.41 bits per heavy atom. The Labute approximate surface area is 99.0 Å². The van der Waals surface area contributed by atoms with E-state index in [4.69, 9.17) is 0 Å². The fraction of sp³-hybridized carbons (Fsp3) is 0.417. The van der Waals surface area contributed by atoms with Gasteiger partial charge in [0.2, 0.25) is 0 Å². The van der Waals surface area contributed by atoms with Crippen molar-refractivity contribution < 1.29 is 14.3 Å². The zero-order valence-corrected chi connectivity index (χ0v) is 9.40. The zero-order valence-electron chi connectivity index (χ0n) is 9.40. The summed E-state index contributed by atoms with van der Waals surface area (Å²) in [5.41, 5.74) is 0.626. The van der Waals surface area contributed by atoms with Crippen LogP contribution < -0.4 is 5.32 Å². The first kappa shape index (κ1) is 12.0. The molecule has 1 atom stereocenters. The maximum Gasteiger partial charge on any atom is 0.325 e. The zero-order chi connectivity index (χ0) is 12.3. The van der Waals surface area contributed by atoms with Crippen LogP contribution in [0.25, 0.3) is 0 Å². The van der Waals surface area contributed by atoms with Crippen LogP contribution in [-0.4, -0.2) is 42.2 Å². The first-order valence-electron chi connectivity index (χ1n) is 5.61. The molecular weight excluding hydrogens is 223 g/mol. The fourth-order valence-electron chi connectivity index (χ4n) is 2.09. The highest BCUT2D eigenvalue weighted by Gasteiger charge is 2.28. The lowest BCUT2D eigenvalue weighted by Crippen LogP contribution is -2.47.